The van der Waals surface area contributed by atoms with Gasteiger partial charge in [-0.15, -0.1) is 0 Å². The molecule has 0 aromatic carbocycles. The van der Waals surface area contributed by atoms with Gasteiger partial charge >= 0.3 is 0 Å². The van der Waals surface area contributed by atoms with Gasteiger partial charge in [0.2, 0.25) is 0 Å². The van der Waals surface area contributed by atoms with Crippen LogP contribution < -0.4 is 0 Å². The molecule has 0 radical (unpaired) electrons. The molecule has 0 rings (SSSR count). The van der Waals surface area contributed by atoms with Gasteiger partial charge in [-0.05, 0) is 71.0 Å². The second-order valence-electron chi connectivity index (χ2n) is 7.31. The van der Waals surface area contributed by atoms with Crippen molar-refractivity contribution in [1.29, 1.82) is 5.26 Å². The van der Waals surface area contributed by atoms with E-state index < -0.39 is 0 Å². The second-order valence-corrected chi connectivity index (χ2v) is 7.31. The van der Waals surface area contributed by atoms with E-state index in [1.54, 1.807) is 0 Å². The number of rotatable bonds is 10. The summed E-state index contributed by atoms with van der Waals surface area (Å²) in [5.74, 6) is 1.55. The average Bonchev–Trinajstić information content (AvgIpc) is 2.31. The lowest BCUT2D eigenvalue weighted by molar-refractivity contribution is 0.230. The molecule has 0 N–H and O–H groups in total. The predicted molar refractivity (Wildman–Crippen MR) is 84.0 cm³/mol. The van der Waals surface area contributed by atoms with E-state index in [1.165, 1.54) is 25.9 Å². The normalized spacial score (nSPS) is 12.4. The van der Waals surface area contributed by atoms with E-state index in [-0.39, 0.29) is 5.41 Å². The van der Waals surface area contributed by atoms with E-state index >= 15 is 0 Å². The minimum atomic E-state index is -0.165. The fraction of sp³-hybridized carbons (Fsp3) is 0.941. The van der Waals surface area contributed by atoms with Gasteiger partial charge in [0.25, 0.3) is 0 Å². The van der Waals surface area contributed by atoms with Gasteiger partial charge in [0.1, 0.15) is 0 Å². The number of nitrogens with zero attached hydrogens (tertiary/aromatic N) is 2. The van der Waals surface area contributed by atoms with Crippen molar-refractivity contribution in [3.63, 3.8) is 0 Å². The molecule has 0 aliphatic rings. The summed E-state index contributed by atoms with van der Waals surface area (Å²) in [6.45, 7) is 16.8. The molecule has 0 spiro atoms. The lowest BCUT2D eigenvalue weighted by atomic mass is 9.90. The van der Waals surface area contributed by atoms with Crippen molar-refractivity contribution in [3.05, 3.63) is 0 Å². The van der Waals surface area contributed by atoms with Crippen molar-refractivity contribution in [2.45, 2.75) is 67.2 Å². The topological polar surface area (TPSA) is 27.0 Å². The summed E-state index contributed by atoms with van der Waals surface area (Å²) in [6, 6.07) is 2.40. The summed E-state index contributed by atoms with van der Waals surface area (Å²) >= 11 is 0. The van der Waals surface area contributed by atoms with Crippen molar-refractivity contribution < 1.29 is 0 Å². The second kappa shape index (κ2) is 9.37. The molecule has 0 aliphatic heterocycles. The molecule has 2 nitrogen and oxygen atoms in total. The van der Waals surface area contributed by atoms with Gasteiger partial charge in [0.05, 0.1) is 11.5 Å². The minimum Gasteiger partial charge on any atom is -0.303 e. The Bertz CT molecular complexity index is 249. The molecule has 112 valence electrons. The van der Waals surface area contributed by atoms with Crippen molar-refractivity contribution in [2.24, 2.45) is 17.3 Å². The fourth-order valence-electron chi connectivity index (χ4n) is 2.02. The largest absolute Gasteiger partial charge is 0.303 e. The summed E-state index contributed by atoms with van der Waals surface area (Å²) in [5.41, 5.74) is -0.165. The third kappa shape index (κ3) is 11.0. The first-order valence-electron chi connectivity index (χ1n) is 7.90. The maximum atomic E-state index is 9.05. The van der Waals surface area contributed by atoms with Gasteiger partial charge in [-0.1, -0.05) is 27.7 Å². The van der Waals surface area contributed by atoms with Crippen LogP contribution in [0.4, 0.5) is 0 Å². The van der Waals surface area contributed by atoms with Crippen molar-refractivity contribution in [2.75, 3.05) is 19.6 Å². The molecule has 0 saturated heterocycles. The van der Waals surface area contributed by atoms with Crippen LogP contribution in [-0.2, 0) is 0 Å². The Hall–Kier alpha value is -0.550. The Morgan fingerprint density at radius 3 is 1.79 bits per heavy atom. The van der Waals surface area contributed by atoms with E-state index in [0.717, 1.165) is 31.2 Å². The third-order valence-corrected chi connectivity index (χ3v) is 3.62. The van der Waals surface area contributed by atoms with Gasteiger partial charge in [-0.2, -0.15) is 5.26 Å². The van der Waals surface area contributed by atoms with Gasteiger partial charge in [-0.3, -0.25) is 0 Å². The number of nitriles is 1. The molecule has 2 heteroatoms. The summed E-state index contributed by atoms with van der Waals surface area (Å²) in [5, 5.41) is 9.05. The molecule has 0 aliphatic carbocycles. The molecule has 0 aromatic heterocycles. The molecule has 0 heterocycles. The zero-order chi connectivity index (χ0) is 14.9. The third-order valence-electron chi connectivity index (χ3n) is 3.62. The zero-order valence-corrected chi connectivity index (χ0v) is 14.0. The minimum absolute atomic E-state index is 0.165. The molecule has 0 fully saturated rings. The molecule has 0 amide bonds. The standard InChI is InChI=1S/C17H34N2/c1-15(2)8-12-19(13-9-16(3)4)11-7-10-17(5,6)14-18/h15-16H,7-13H2,1-6H3. The smallest absolute Gasteiger partial charge is 0.0683 e. The van der Waals surface area contributed by atoms with E-state index in [0.29, 0.717) is 0 Å². The lowest BCUT2D eigenvalue weighted by Gasteiger charge is -2.25. The maximum absolute atomic E-state index is 9.05. The van der Waals surface area contributed by atoms with Crippen molar-refractivity contribution in [3.8, 4) is 6.07 Å². The van der Waals surface area contributed by atoms with Crippen LogP contribution in [0, 0.1) is 28.6 Å². The lowest BCUT2D eigenvalue weighted by Crippen LogP contribution is -2.29. The Morgan fingerprint density at radius 2 is 1.42 bits per heavy atom. The number of hydrogen-bond acceptors (Lipinski definition) is 2. The Kier molecular flexibility index (Phi) is 9.10. The van der Waals surface area contributed by atoms with Crippen molar-refractivity contribution in [1.82, 2.24) is 4.90 Å². The van der Waals surface area contributed by atoms with Crippen molar-refractivity contribution >= 4 is 0 Å². The Balaban J connectivity index is 4.07. The predicted octanol–water partition coefficient (Wildman–Crippen LogP) is 4.71. The van der Waals surface area contributed by atoms with Crippen LogP contribution in [0.15, 0.2) is 0 Å². The summed E-state index contributed by atoms with van der Waals surface area (Å²) in [7, 11) is 0. The van der Waals surface area contributed by atoms with Crippen LogP contribution in [0.2, 0.25) is 0 Å². The van der Waals surface area contributed by atoms with Crippen LogP contribution in [-0.4, -0.2) is 24.5 Å². The molecule has 0 atom stereocenters. The van der Waals surface area contributed by atoms with E-state index in [1.807, 2.05) is 13.8 Å². The summed E-state index contributed by atoms with van der Waals surface area (Å²) in [6.07, 6.45) is 4.69. The van der Waals surface area contributed by atoms with Crippen LogP contribution in [0.5, 0.6) is 0 Å². The molecule has 0 bridgehead atoms. The van der Waals surface area contributed by atoms with Crippen LogP contribution in [0.1, 0.15) is 67.2 Å². The average molecular weight is 266 g/mol. The molecular weight excluding hydrogens is 232 g/mol. The van der Waals surface area contributed by atoms with E-state index in [9.17, 15) is 0 Å². The highest BCUT2D eigenvalue weighted by atomic mass is 15.1. The fourth-order valence-corrected chi connectivity index (χ4v) is 2.02. The highest BCUT2D eigenvalue weighted by molar-refractivity contribution is 4.91. The monoisotopic (exact) mass is 266 g/mol. The van der Waals surface area contributed by atoms with Gasteiger partial charge in [0.15, 0.2) is 0 Å². The SMILES string of the molecule is CC(C)CCN(CCCC(C)(C)C#N)CCC(C)C. The maximum Gasteiger partial charge on any atom is 0.0683 e. The first kappa shape index (κ1) is 18.4. The van der Waals surface area contributed by atoms with Gasteiger partial charge in [0, 0.05) is 0 Å². The molecule has 0 saturated carbocycles. The van der Waals surface area contributed by atoms with Gasteiger partial charge in [-0.25, -0.2) is 0 Å². The first-order valence-corrected chi connectivity index (χ1v) is 7.90. The molecule has 19 heavy (non-hydrogen) atoms. The van der Waals surface area contributed by atoms with E-state index in [2.05, 4.69) is 38.7 Å². The van der Waals surface area contributed by atoms with Crippen LogP contribution >= 0.6 is 0 Å². The molecule has 0 unspecified atom stereocenters. The highest BCUT2D eigenvalue weighted by Gasteiger charge is 2.16. The van der Waals surface area contributed by atoms with Crippen LogP contribution in [0.25, 0.3) is 0 Å². The van der Waals surface area contributed by atoms with Gasteiger partial charge < -0.3 is 4.90 Å². The summed E-state index contributed by atoms with van der Waals surface area (Å²) in [4.78, 5) is 2.59. The van der Waals surface area contributed by atoms with E-state index in [4.69, 9.17) is 5.26 Å². The molecular formula is C17H34N2. The highest BCUT2D eigenvalue weighted by Crippen LogP contribution is 2.21. The number of hydrogen-bond donors (Lipinski definition) is 0. The Labute approximate surface area is 121 Å². The van der Waals surface area contributed by atoms with Crippen LogP contribution in [0.3, 0.4) is 0 Å². The summed E-state index contributed by atoms with van der Waals surface area (Å²) < 4.78 is 0. The zero-order valence-electron chi connectivity index (χ0n) is 14.0. The Morgan fingerprint density at radius 1 is 0.947 bits per heavy atom. The quantitative estimate of drug-likeness (QED) is 0.572. The first-order chi connectivity index (χ1) is 8.76. The molecule has 0 aromatic rings.